The number of carbonyl (C=O) groups is 1. The van der Waals surface area contributed by atoms with Crippen LogP contribution in [0.25, 0.3) is 0 Å². The minimum atomic E-state index is -0.259. The average Bonchev–Trinajstić information content (AvgIpc) is 2.39. The van der Waals surface area contributed by atoms with E-state index >= 15 is 0 Å². The lowest BCUT2D eigenvalue weighted by atomic mass is 10.1. The van der Waals surface area contributed by atoms with Crippen LogP contribution in [-0.2, 0) is 14.3 Å². The third-order valence-electron chi connectivity index (χ3n) is 2.99. The molecule has 0 aliphatic carbocycles. The first-order valence-electron chi connectivity index (χ1n) is 6.62. The molecule has 106 valence electrons. The van der Waals surface area contributed by atoms with Crippen LogP contribution in [0.3, 0.4) is 0 Å². The van der Waals surface area contributed by atoms with E-state index in [2.05, 4.69) is 15.5 Å². The standard InChI is InChI=1S/C12H25N3O3/c1-4-17-11(18-5-2)9-15-7-6-14-8-10(15)12(16)13-3/h10-11,14H,4-9H2,1-3H3,(H,13,16). The van der Waals surface area contributed by atoms with Gasteiger partial charge in [0.05, 0.1) is 6.54 Å². The molecular formula is C12H25N3O3. The Kier molecular flexibility index (Phi) is 7.19. The van der Waals surface area contributed by atoms with Gasteiger partial charge in [0, 0.05) is 39.9 Å². The van der Waals surface area contributed by atoms with Gasteiger partial charge in [-0.1, -0.05) is 0 Å². The normalized spacial score (nSPS) is 21.2. The highest BCUT2D eigenvalue weighted by atomic mass is 16.7. The largest absolute Gasteiger partial charge is 0.358 e. The maximum Gasteiger partial charge on any atom is 0.238 e. The van der Waals surface area contributed by atoms with Gasteiger partial charge in [-0.2, -0.15) is 0 Å². The number of likely N-dealkylation sites (N-methyl/N-ethyl adjacent to an activating group) is 1. The number of ether oxygens (including phenoxy) is 2. The highest BCUT2D eigenvalue weighted by molar-refractivity contribution is 5.81. The first-order valence-corrected chi connectivity index (χ1v) is 6.62. The number of nitrogens with one attached hydrogen (secondary N) is 2. The van der Waals surface area contributed by atoms with E-state index < -0.39 is 0 Å². The van der Waals surface area contributed by atoms with E-state index in [4.69, 9.17) is 9.47 Å². The van der Waals surface area contributed by atoms with Crippen LogP contribution in [0.4, 0.5) is 0 Å². The second kappa shape index (κ2) is 8.42. The first-order chi connectivity index (χ1) is 8.72. The van der Waals surface area contributed by atoms with Crippen LogP contribution < -0.4 is 10.6 Å². The fourth-order valence-corrected chi connectivity index (χ4v) is 2.11. The molecule has 1 atom stereocenters. The zero-order valence-electron chi connectivity index (χ0n) is 11.6. The summed E-state index contributed by atoms with van der Waals surface area (Å²) in [6.45, 7) is 8.13. The Labute approximate surface area is 109 Å². The third-order valence-corrected chi connectivity index (χ3v) is 2.99. The third kappa shape index (κ3) is 4.53. The summed E-state index contributed by atoms with van der Waals surface area (Å²) in [5, 5.41) is 5.93. The molecule has 0 aromatic rings. The summed E-state index contributed by atoms with van der Waals surface area (Å²) < 4.78 is 11.1. The zero-order valence-corrected chi connectivity index (χ0v) is 11.6. The molecule has 0 bridgehead atoms. The molecule has 1 aliphatic heterocycles. The van der Waals surface area contributed by atoms with Crippen molar-refractivity contribution >= 4 is 5.91 Å². The highest BCUT2D eigenvalue weighted by Crippen LogP contribution is 2.07. The summed E-state index contributed by atoms with van der Waals surface area (Å²) in [5.41, 5.74) is 0. The van der Waals surface area contributed by atoms with Crippen LogP contribution in [0.1, 0.15) is 13.8 Å². The fourth-order valence-electron chi connectivity index (χ4n) is 2.11. The van der Waals surface area contributed by atoms with E-state index in [1.165, 1.54) is 0 Å². The summed E-state index contributed by atoms with van der Waals surface area (Å²) in [5.74, 6) is 0.0361. The molecule has 0 saturated carbocycles. The van der Waals surface area contributed by atoms with E-state index in [0.29, 0.717) is 26.3 Å². The number of piperazine rings is 1. The van der Waals surface area contributed by atoms with Gasteiger partial charge < -0.3 is 20.1 Å². The second-order valence-electron chi connectivity index (χ2n) is 4.17. The Hall–Kier alpha value is -0.690. The molecule has 6 heteroatoms. The molecule has 0 radical (unpaired) electrons. The lowest BCUT2D eigenvalue weighted by Crippen LogP contribution is -2.59. The van der Waals surface area contributed by atoms with Crippen molar-refractivity contribution in [1.29, 1.82) is 0 Å². The molecule has 1 amide bonds. The van der Waals surface area contributed by atoms with Gasteiger partial charge in [-0.3, -0.25) is 9.69 Å². The van der Waals surface area contributed by atoms with Gasteiger partial charge in [-0.05, 0) is 13.8 Å². The molecule has 1 unspecified atom stereocenters. The van der Waals surface area contributed by atoms with Crippen molar-refractivity contribution < 1.29 is 14.3 Å². The van der Waals surface area contributed by atoms with Gasteiger partial charge in [0.15, 0.2) is 6.29 Å². The molecule has 6 nitrogen and oxygen atoms in total. The van der Waals surface area contributed by atoms with Gasteiger partial charge in [-0.15, -0.1) is 0 Å². The smallest absolute Gasteiger partial charge is 0.238 e. The molecule has 2 N–H and O–H groups in total. The molecule has 1 fully saturated rings. The monoisotopic (exact) mass is 259 g/mol. The minimum absolute atomic E-state index is 0.0361. The predicted octanol–water partition coefficient (Wildman–Crippen LogP) is -0.595. The number of carbonyl (C=O) groups excluding carboxylic acids is 1. The molecule has 1 rings (SSSR count). The maximum atomic E-state index is 11.8. The number of hydrogen-bond donors (Lipinski definition) is 2. The first kappa shape index (κ1) is 15.4. The minimum Gasteiger partial charge on any atom is -0.358 e. The molecule has 1 saturated heterocycles. The Morgan fingerprint density at radius 1 is 1.44 bits per heavy atom. The van der Waals surface area contributed by atoms with Crippen molar-refractivity contribution in [3.63, 3.8) is 0 Å². The zero-order chi connectivity index (χ0) is 13.4. The molecule has 18 heavy (non-hydrogen) atoms. The maximum absolute atomic E-state index is 11.8. The van der Waals surface area contributed by atoms with E-state index in [1.54, 1.807) is 7.05 Å². The number of hydrogen-bond acceptors (Lipinski definition) is 5. The lowest BCUT2D eigenvalue weighted by Gasteiger charge is -2.36. The summed E-state index contributed by atoms with van der Waals surface area (Å²) >= 11 is 0. The van der Waals surface area contributed by atoms with Crippen molar-refractivity contribution in [2.24, 2.45) is 0 Å². The van der Waals surface area contributed by atoms with Crippen molar-refractivity contribution in [1.82, 2.24) is 15.5 Å². The molecule has 0 spiro atoms. The summed E-state index contributed by atoms with van der Waals surface area (Å²) in [6.07, 6.45) is -0.259. The van der Waals surface area contributed by atoms with E-state index in [1.807, 2.05) is 13.8 Å². The van der Waals surface area contributed by atoms with Gasteiger partial charge >= 0.3 is 0 Å². The Bertz CT molecular complexity index is 245. The topological polar surface area (TPSA) is 62.8 Å². The molecule has 0 aromatic heterocycles. The van der Waals surface area contributed by atoms with Crippen molar-refractivity contribution in [3.05, 3.63) is 0 Å². The summed E-state index contributed by atoms with van der Waals surface area (Å²) in [4.78, 5) is 13.9. The van der Waals surface area contributed by atoms with Gasteiger partial charge in [-0.25, -0.2) is 0 Å². The van der Waals surface area contributed by atoms with Crippen LogP contribution >= 0.6 is 0 Å². The molecule has 1 aliphatic rings. The highest BCUT2D eigenvalue weighted by Gasteiger charge is 2.29. The number of nitrogens with zero attached hydrogens (tertiary/aromatic N) is 1. The predicted molar refractivity (Wildman–Crippen MR) is 69.3 cm³/mol. The van der Waals surface area contributed by atoms with Gasteiger partial charge in [0.25, 0.3) is 0 Å². The van der Waals surface area contributed by atoms with E-state index in [9.17, 15) is 4.79 Å². The Morgan fingerprint density at radius 3 is 2.67 bits per heavy atom. The van der Waals surface area contributed by atoms with Gasteiger partial charge in [0.2, 0.25) is 5.91 Å². The van der Waals surface area contributed by atoms with Crippen LogP contribution in [-0.4, -0.2) is 69.6 Å². The SMILES string of the molecule is CCOC(CN1CCNCC1C(=O)NC)OCC. The van der Waals surface area contributed by atoms with Crippen LogP contribution in [0, 0.1) is 0 Å². The second-order valence-corrected chi connectivity index (χ2v) is 4.17. The average molecular weight is 259 g/mol. The summed E-state index contributed by atoms with van der Waals surface area (Å²) in [6, 6.07) is -0.146. The Balaban J connectivity index is 2.56. The van der Waals surface area contributed by atoms with Crippen LogP contribution in [0.2, 0.25) is 0 Å². The molecule has 0 aromatic carbocycles. The fraction of sp³-hybridized carbons (Fsp3) is 0.917. The number of rotatable bonds is 7. The van der Waals surface area contributed by atoms with Crippen molar-refractivity contribution in [2.75, 3.05) is 46.4 Å². The van der Waals surface area contributed by atoms with E-state index in [-0.39, 0.29) is 18.2 Å². The Morgan fingerprint density at radius 2 is 2.11 bits per heavy atom. The van der Waals surface area contributed by atoms with Crippen molar-refractivity contribution in [2.45, 2.75) is 26.2 Å². The van der Waals surface area contributed by atoms with Crippen molar-refractivity contribution in [3.8, 4) is 0 Å². The molecule has 1 heterocycles. The number of amides is 1. The quantitative estimate of drug-likeness (QED) is 0.598. The van der Waals surface area contributed by atoms with E-state index in [0.717, 1.165) is 13.1 Å². The van der Waals surface area contributed by atoms with Gasteiger partial charge in [0.1, 0.15) is 6.04 Å². The summed E-state index contributed by atoms with van der Waals surface area (Å²) in [7, 11) is 1.66. The molecular weight excluding hydrogens is 234 g/mol. The lowest BCUT2D eigenvalue weighted by molar-refractivity contribution is -0.155. The van der Waals surface area contributed by atoms with Crippen LogP contribution in [0.5, 0.6) is 0 Å². The van der Waals surface area contributed by atoms with Crippen LogP contribution in [0.15, 0.2) is 0 Å².